The average molecular weight is 865 g/mol. The predicted octanol–water partition coefficient (Wildman–Crippen LogP) is 12.8. The molecule has 0 spiro atoms. The third kappa shape index (κ3) is 43.5. The summed E-state index contributed by atoms with van der Waals surface area (Å²) in [4.78, 5) is 47.5. The first-order valence-corrected chi connectivity index (χ1v) is 25.0. The number of quaternary nitrogens is 1. The van der Waals surface area contributed by atoms with Gasteiger partial charge in [-0.25, -0.2) is 4.57 Å². The number of likely N-dealkylation sites (N-methyl/N-ethyl adjacent to an activating group) is 1. The van der Waals surface area contributed by atoms with Crippen molar-refractivity contribution in [2.75, 3.05) is 47.5 Å². The number of hydrogen-bond donors (Lipinski definition) is 1. The molecule has 0 amide bonds. The van der Waals surface area contributed by atoms with Crippen molar-refractivity contribution >= 4 is 25.5 Å². The van der Waals surface area contributed by atoms with Crippen LogP contribution in [0.3, 0.4) is 0 Å². The molecule has 10 nitrogen and oxygen atoms in total. The van der Waals surface area contributed by atoms with Gasteiger partial charge in [-0.1, -0.05) is 146 Å². The van der Waals surface area contributed by atoms with Gasteiger partial charge < -0.3 is 18.9 Å². The molecule has 0 saturated heterocycles. The number of phosphoric acid groups is 1. The van der Waals surface area contributed by atoms with Gasteiger partial charge in [0.15, 0.2) is 11.9 Å². The number of rotatable bonds is 42. The molecule has 0 heterocycles. The Kier molecular flexibility index (Phi) is 38.7. The molecule has 0 aromatic rings. The van der Waals surface area contributed by atoms with Crippen molar-refractivity contribution in [3.8, 4) is 0 Å². The number of carbonyl (C=O) groups excluding carboxylic acids is 3. The monoisotopic (exact) mass is 865 g/mol. The molecule has 346 valence electrons. The molecule has 0 saturated carbocycles. The number of ketones is 1. The van der Waals surface area contributed by atoms with Gasteiger partial charge in [-0.15, -0.1) is 0 Å². The first-order chi connectivity index (χ1) is 28.9. The van der Waals surface area contributed by atoms with Gasteiger partial charge in [0.1, 0.15) is 19.8 Å². The van der Waals surface area contributed by atoms with Gasteiger partial charge in [-0.3, -0.25) is 23.4 Å². The Hall–Kier alpha value is -2.62. The van der Waals surface area contributed by atoms with Crippen molar-refractivity contribution in [3.05, 3.63) is 60.8 Å². The highest BCUT2D eigenvalue weighted by Gasteiger charge is 2.27. The molecule has 1 N–H and O–H groups in total. The first kappa shape index (κ1) is 57.4. The van der Waals surface area contributed by atoms with Gasteiger partial charge in [0.2, 0.25) is 0 Å². The lowest BCUT2D eigenvalue weighted by molar-refractivity contribution is -0.870. The molecule has 0 aliphatic rings. The van der Waals surface area contributed by atoms with Crippen LogP contribution in [0.4, 0.5) is 0 Å². The van der Waals surface area contributed by atoms with Gasteiger partial charge in [0.05, 0.1) is 27.7 Å². The molecule has 0 aliphatic carbocycles. The van der Waals surface area contributed by atoms with E-state index in [-0.39, 0.29) is 31.8 Å². The molecule has 2 atom stereocenters. The van der Waals surface area contributed by atoms with Crippen molar-refractivity contribution in [2.45, 2.75) is 187 Å². The Labute approximate surface area is 366 Å². The average Bonchev–Trinajstić information content (AvgIpc) is 3.19. The van der Waals surface area contributed by atoms with Crippen LogP contribution in [-0.2, 0) is 37.5 Å². The second-order valence-corrected chi connectivity index (χ2v) is 18.3. The SMILES string of the molecule is CCCCC/C=C\C=C\C(=O)CCCCCCCC(=O)OC[C@H](COP(=O)(O)OCC[N+](C)(C)C)OC(=O)CCCCCCCC/C=C\C/C=C\C/C=C\CCCCCC. The van der Waals surface area contributed by atoms with Gasteiger partial charge in [0, 0.05) is 19.3 Å². The van der Waals surface area contributed by atoms with Crippen molar-refractivity contribution in [1.82, 2.24) is 0 Å². The highest BCUT2D eigenvalue weighted by molar-refractivity contribution is 7.47. The number of hydrogen-bond acceptors (Lipinski definition) is 8. The third-order valence-corrected chi connectivity index (χ3v) is 10.7. The minimum atomic E-state index is -4.41. The molecule has 60 heavy (non-hydrogen) atoms. The molecule has 0 aliphatic heterocycles. The van der Waals surface area contributed by atoms with E-state index >= 15 is 0 Å². The van der Waals surface area contributed by atoms with Crippen LogP contribution in [-0.4, -0.2) is 80.7 Å². The maximum Gasteiger partial charge on any atom is 0.472 e. The second-order valence-electron chi connectivity index (χ2n) is 16.8. The van der Waals surface area contributed by atoms with Crippen LogP contribution in [0.1, 0.15) is 181 Å². The fraction of sp³-hybridized carbons (Fsp3) is 0.735. The maximum absolute atomic E-state index is 12.7. The summed E-state index contributed by atoms with van der Waals surface area (Å²) >= 11 is 0. The zero-order chi connectivity index (χ0) is 44.4. The number of allylic oxidation sites excluding steroid dienone is 10. The fourth-order valence-corrected chi connectivity index (χ4v) is 6.74. The van der Waals surface area contributed by atoms with Crippen LogP contribution in [0.25, 0.3) is 0 Å². The van der Waals surface area contributed by atoms with E-state index < -0.39 is 32.5 Å². The smallest absolute Gasteiger partial charge is 0.462 e. The lowest BCUT2D eigenvalue weighted by Gasteiger charge is -2.24. The number of phosphoric ester groups is 1. The summed E-state index contributed by atoms with van der Waals surface area (Å²) in [5.41, 5.74) is 0. The quantitative estimate of drug-likeness (QED) is 0.0121. The zero-order valence-corrected chi connectivity index (χ0v) is 39.6. The summed E-state index contributed by atoms with van der Waals surface area (Å²) < 4.78 is 34.2. The van der Waals surface area contributed by atoms with Crippen LogP contribution < -0.4 is 0 Å². The Morgan fingerprint density at radius 2 is 1.05 bits per heavy atom. The van der Waals surface area contributed by atoms with Crippen molar-refractivity contribution in [2.24, 2.45) is 0 Å². The lowest BCUT2D eigenvalue weighted by Crippen LogP contribution is -2.37. The molecule has 0 fully saturated rings. The van der Waals surface area contributed by atoms with E-state index in [0.717, 1.165) is 83.5 Å². The highest BCUT2D eigenvalue weighted by Crippen LogP contribution is 2.43. The molecule has 0 rings (SSSR count). The summed E-state index contributed by atoms with van der Waals surface area (Å²) in [6, 6.07) is 0. The maximum atomic E-state index is 12.7. The topological polar surface area (TPSA) is 125 Å². The summed E-state index contributed by atoms with van der Waals surface area (Å²) in [6.45, 7) is 4.19. The summed E-state index contributed by atoms with van der Waals surface area (Å²) in [5.74, 6) is -0.784. The van der Waals surface area contributed by atoms with Crippen LogP contribution in [0, 0.1) is 0 Å². The molecule has 0 aromatic heterocycles. The summed E-state index contributed by atoms with van der Waals surface area (Å²) in [7, 11) is 1.39. The summed E-state index contributed by atoms with van der Waals surface area (Å²) in [6.07, 6.45) is 45.1. The number of ether oxygens (including phenoxy) is 2. The van der Waals surface area contributed by atoms with Crippen LogP contribution in [0.15, 0.2) is 60.8 Å². The predicted molar refractivity (Wildman–Crippen MR) is 248 cm³/mol. The minimum absolute atomic E-state index is 0.00678. The second kappa shape index (κ2) is 40.5. The molecule has 0 radical (unpaired) electrons. The number of carbonyl (C=O) groups is 3. The van der Waals surface area contributed by atoms with E-state index in [0.29, 0.717) is 30.3 Å². The van der Waals surface area contributed by atoms with Gasteiger partial charge in [-0.05, 0) is 76.7 Å². The van der Waals surface area contributed by atoms with E-state index in [2.05, 4.69) is 56.4 Å². The molecule has 0 bridgehead atoms. The molecule has 1 unspecified atom stereocenters. The van der Waals surface area contributed by atoms with Crippen molar-refractivity contribution < 1.29 is 46.8 Å². The summed E-state index contributed by atoms with van der Waals surface area (Å²) in [5, 5.41) is 0. The van der Waals surface area contributed by atoms with Crippen LogP contribution >= 0.6 is 7.82 Å². The van der Waals surface area contributed by atoms with E-state index in [4.69, 9.17) is 18.5 Å². The number of nitrogens with zero attached hydrogens (tertiary/aromatic N) is 1. The fourth-order valence-electron chi connectivity index (χ4n) is 6.00. The molecular formula is C49H87NO9P+. The lowest BCUT2D eigenvalue weighted by atomic mass is 10.1. The standard InChI is InChI=1S/C49H86NO9P/c1-6-8-10-12-14-15-16-17-18-19-20-21-22-23-24-25-26-28-32-37-41-49(53)59-47(45-58-60(54,55)57-43-42-50(3,4)5)44-56-48(52)40-36-33-29-31-35-39-46(51)38-34-30-27-13-11-9-7-2/h15-16,18-19,21-22,27,30,34,38,47H,6-14,17,20,23-26,28-29,31-33,35-37,39-45H2,1-5H3/p+1/b16-15-,19-18-,22-21-,30-27-,38-34+/t47-/m1/s1. The highest BCUT2D eigenvalue weighted by atomic mass is 31.2. The van der Waals surface area contributed by atoms with Crippen LogP contribution in [0.2, 0.25) is 0 Å². The largest absolute Gasteiger partial charge is 0.472 e. The Bertz CT molecular complexity index is 1270. The Morgan fingerprint density at radius 1 is 0.567 bits per heavy atom. The van der Waals surface area contributed by atoms with Gasteiger partial charge >= 0.3 is 19.8 Å². The van der Waals surface area contributed by atoms with Gasteiger partial charge in [-0.2, -0.15) is 0 Å². The van der Waals surface area contributed by atoms with E-state index in [1.165, 1.54) is 51.4 Å². The third-order valence-electron chi connectivity index (χ3n) is 9.75. The Balaban J connectivity index is 4.43. The van der Waals surface area contributed by atoms with E-state index in [9.17, 15) is 23.8 Å². The zero-order valence-electron chi connectivity index (χ0n) is 38.7. The van der Waals surface area contributed by atoms with E-state index in [1.807, 2.05) is 33.3 Å². The van der Waals surface area contributed by atoms with Crippen LogP contribution in [0.5, 0.6) is 0 Å². The normalized spacial score (nSPS) is 14.0. The Morgan fingerprint density at radius 3 is 1.65 bits per heavy atom. The minimum Gasteiger partial charge on any atom is -0.462 e. The number of esters is 2. The molecular weight excluding hydrogens is 778 g/mol. The first-order valence-electron chi connectivity index (χ1n) is 23.5. The van der Waals surface area contributed by atoms with Gasteiger partial charge in [0.25, 0.3) is 0 Å². The van der Waals surface area contributed by atoms with Crippen molar-refractivity contribution in [1.29, 1.82) is 0 Å². The van der Waals surface area contributed by atoms with Crippen molar-refractivity contribution in [3.63, 3.8) is 0 Å². The van der Waals surface area contributed by atoms with E-state index in [1.54, 1.807) is 6.08 Å². The number of unbranched alkanes of at least 4 members (excludes halogenated alkanes) is 17. The molecule has 11 heteroatoms. The molecule has 0 aromatic carbocycles.